The summed E-state index contributed by atoms with van der Waals surface area (Å²) in [4.78, 5) is 17.0. The van der Waals surface area contributed by atoms with Gasteiger partial charge in [0.1, 0.15) is 11.3 Å². The van der Waals surface area contributed by atoms with E-state index in [0.717, 1.165) is 23.3 Å². The number of benzene rings is 1. The molecule has 0 aliphatic heterocycles. The van der Waals surface area contributed by atoms with Crippen molar-refractivity contribution >= 4 is 35.0 Å². The molecule has 1 unspecified atom stereocenters. The zero-order chi connectivity index (χ0) is 21.6. The van der Waals surface area contributed by atoms with Crippen molar-refractivity contribution in [2.45, 2.75) is 33.2 Å². The molecule has 1 heterocycles. The highest BCUT2D eigenvalue weighted by atomic mass is 35.5. The molecule has 0 amide bonds. The number of thioether (sulfide) groups is 1. The van der Waals surface area contributed by atoms with Crippen molar-refractivity contribution in [3.63, 3.8) is 0 Å². The topological polar surface area (TPSA) is 80.7 Å². The van der Waals surface area contributed by atoms with Gasteiger partial charge in [-0.15, -0.1) is 0 Å². The van der Waals surface area contributed by atoms with E-state index >= 15 is 0 Å². The zero-order valence-corrected chi connectivity index (χ0v) is 18.9. The minimum Gasteiger partial charge on any atom is -0.465 e. The number of esters is 1. The molecule has 1 aromatic carbocycles. The number of aliphatic hydroxyl groups is 1. The summed E-state index contributed by atoms with van der Waals surface area (Å²) in [6.07, 6.45) is 2.75. The lowest BCUT2D eigenvalue weighted by atomic mass is 10.1. The van der Waals surface area contributed by atoms with E-state index < -0.39 is 5.97 Å². The van der Waals surface area contributed by atoms with Gasteiger partial charge in [0.2, 0.25) is 5.88 Å². The summed E-state index contributed by atoms with van der Waals surface area (Å²) in [5, 5.41) is 13.6. The smallest absolute Gasteiger partial charge is 0.345 e. The second-order valence-corrected chi connectivity index (χ2v) is 8.18. The molecule has 0 saturated carbocycles. The number of hydrogen-bond donors (Lipinski definition) is 2. The van der Waals surface area contributed by atoms with E-state index in [0.29, 0.717) is 22.2 Å². The molecule has 0 aliphatic carbocycles. The molecule has 0 bridgehead atoms. The Kier molecular flexibility index (Phi) is 8.61. The normalized spacial score (nSPS) is 11.8. The molecule has 0 fully saturated rings. The van der Waals surface area contributed by atoms with Gasteiger partial charge in [0.25, 0.3) is 0 Å². The van der Waals surface area contributed by atoms with Gasteiger partial charge in [-0.2, -0.15) is 11.8 Å². The molecular weight excluding hydrogens is 412 g/mol. The van der Waals surface area contributed by atoms with Crippen LogP contribution in [0.5, 0.6) is 11.6 Å². The fourth-order valence-electron chi connectivity index (χ4n) is 2.98. The number of hydrogen-bond acceptors (Lipinski definition) is 7. The zero-order valence-electron chi connectivity index (χ0n) is 17.3. The maximum atomic E-state index is 12.6. The molecule has 0 saturated heterocycles. The van der Waals surface area contributed by atoms with Gasteiger partial charge in [0.15, 0.2) is 0 Å². The molecule has 1 atom stereocenters. The molecule has 2 aromatic rings. The first-order valence-corrected chi connectivity index (χ1v) is 11.0. The number of carbonyl (C=O) groups is 1. The van der Waals surface area contributed by atoms with Crippen LogP contribution in [0.2, 0.25) is 5.02 Å². The predicted molar refractivity (Wildman–Crippen MR) is 119 cm³/mol. The van der Waals surface area contributed by atoms with Crippen LogP contribution in [0.25, 0.3) is 0 Å². The summed E-state index contributed by atoms with van der Waals surface area (Å²) in [6, 6.07) is 5.13. The number of anilines is 1. The van der Waals surface area contributed by atoms with E-state index in [1.165, 1.54) is 7.11 Å². The summed E-state index contributed by atoms with van der Waals surface area (Å²) in [7, 11) is 1.31. The van der Waals surface area contributed by atoms with Crippen molar-refractivity contribution in [2.75, 3.05) is 31.0 Å². The van der Waals surface area contributed by atoms with Crippen LogP contribution >= 0.6 is 23.4 Å². The van der Waals surface area contributed by atoms with Gasteiger partial charge in [-0.25, -0.2) is 9.78 Å². The Morgan fingerprint density at radius 3 is 2.48 bits per heavy atom. The molecule has 0 radical (unpaired) electrons. The summed E-state index contributed by atoms with van der Waals surface area (Å²) in [6.45, 7) is 5.51. The molecule has 29 heavy (non-hydrogen) atoms. The number of aliphatic hydroxyl groups excluding tert-OH is 1. The van der Waals surface area contributed by atoms with Gasteiger partial charge in [0.05, 0.1) is 25.4 Å². The molecule has 2 rings (SSSR count). The molecule has 158 valence electrons. The maximum Gasteiger partial charge on any atom is 0.345 e. The minimum absolute atomic E-state index is 0.0614. The second-order valence-electron chi connectivity index (χ2n) is 6.76. The van der Waals surface area contributed by atoms with Crippen LogP contribution in [0.1, 0.15) is 33.6 Å². The summed E-state index contributed by atoms with van der Waals surface area (Å²) >= 11 is 7.81. The molecule has 0 spiro atoms. The van der Waals surface area contributed by atoms with E-state index in [4.69, 9.17) is 21.1 Å². The molecule has 8 heteroatoms. The lowest BCUT2D eigenvalue weighted by Crippen LogP contribution is -2.26. The molecule has 0 aliphatic rings. The maximum absolute atomic E-state index is 12.6. The lowest BCUT2D eigenvalue weighted by Gasteiger charge is -2.21. The Hall–Kier alpha value is -1.96. The highest BCUT2D eigenvalue weighted by molar-refractivity contribution is 7.98. The summed E-state index contributed by atoms with van der Waals surface area (Å²) in [5.74, 6) is 1.04. The number of nitrogens with zero attached hydrogens (tertiary/aromatic N) is 1. The highest BCUT2D eigenvalue weighted by Crippen LogP contribution is 2.35. The van der Waals surface area contributed by atoms with Gasteiger partial charge >= 0.3 is 5.97 Å². The number of aryl methyl sites for hydroxylation is 3. The van der Waals surface area contributed by atoms with Gasteiger partial charge in [-0.1, -0.05) is 11.6 Å². The monoisotopic (exact) mass is 438 g/mol. The summed E-state index contributed by atoms with van der Waals surface area (Å²) < 4.78 is 11.1. The van der Waals surface area contributed by atoms with E-state index in [1.807, 2.05) is 27.0 Å². The van der Waals surface area contributed by atoms with Crippen LogP contribution in [0.15, 0.2) is 18.2 Å². The van der Waals surface area contributed by atoms with Crippen LogP contribution in [0.4, 0.5) is 5.69 Å². The number of methoxy groups -OCH3 is 1. The van der Waals surface area contributed by atoms with Crippen molar-refractivity contribution in [1.29, 1.82) is 0 Å². The standard InChI is InChI=1S/C21H27ClN2O4S/c1-12-8-15(22)9-13(2)19(12)28-20-18(21(26)27-4)17(10-14(3)23-20)24-16(11-25)6-7-29-5/h8-10,16,25H,6-7,11H2,1-5H3,(H,23,24). The number of rotatable bonds is 9. The first-order chi connectivity index (χ1) is 13.8. The van der Waals surface area contributed by atoms with Crippen molar-refractivity contribution in [3.05, 3.63) is 45.6 Å². The van der Waals surface area contributed by atoms with Crippen LogP contribution in [0, 0.1) is 20.8 Å². The van der Waals surface area contributed by atoms with Crippen molar-refractivity contribution in [1.82, 2.24) is 4.98 Å². The van der Waals surface area contributed by atoms with E-state index in [1.54, 1.807) is 30.0 Å². The molecule has 1 aromatic heterocycles. The van der Waals surface area contributed by atoms with Gasteiger partial charge in [-0.3, -0.25) is 0 Å². The van der Waals surface area contributed by atoms with Gasteiger partial charge in [-0.05, 0) is 68.5 Å². The van der Waals surface area contributed by atoms with Crippen molar-refractivity contribution in [3.8, 4) is 11.6 Å². The quantitative estimate of drug-likeness (QED) is 0.546. The Labute approximate surface area is 181 Å². The van der Waals surface area contributed by atoms with Crippen molar-refractivity contribution in [2.24, 2.45) is 0 Å². The molecule has 6 nitrogen and oxygen atoms in total. The Morgan fingerprint density at radius 2 is 1.93 bits per heavy atom. The number of pyridine rings is 1. The predicted octanol–water partition coefficient (Wildman–Crippen LogP) is 4.77. The van der Waals surface area contributed by atoms with Crippen LogP contribution in [-0.4, -0.2) is 47.8 Å². The fraction of sp³-hybridized carbons (Fsp3) is 0.429. The third-order valence-electron chi connectivity index (χ3n) is 4.38. The lowest BCUT2D eigenvalue weighted by molar-refractivity contribution is 0.0598. The average Bonchev–Trinajstić information content (AvgIpc) is 2.67. The number of nitrogens with one attached hydrogen (secondary N) is 1. The fourth-order valence-corrected chi connectivity index (χ4v) is 3.82. The second kappa shape index (κ2) is 10.7. The first-order valence-electron chi connectivity index (χ1n) is 9.21. The average molecular weight is 439 g/mol. The van der Waals surface area contributed by atoms with E-state index in [9.17, 15) is 9.90 Å². The first kappa shape index (κ1) is 23.3. The number of halogens is 1. The largest absolute Gasteiger partial charge is 0.465 e. The van der Waals surface area contributed by atoms with Gasteiger partial charge in [0, 0.05) is 10.7 Å². The third kappa shape index (κ3) is 6.01. The van der Waals surface area contributed by atoms with E-state index in [-0.39, 0.29) is 24.1 Å². The molecule has 2 N–H and O–H groups in total. The summed E-state index contributed by atoms with van der Waals surface area (Å²) in [5.41, 5.74) is 3.04. The van der Waals surface area contributed by atoms with Crippen LogP contribution < -0.4 is 10.1 Å². The SMILES string of the molecule is COC(=O)c1c(NC(CO)CCSC)cc(C)nc1Oc1c(C)cc(Cl)cc1C. The van der Waals surface area contributed by atoms with Crippen LogP contribution in [-0.2, 0) is 4.74 Å². The van der Waals surface area contributed by atoms with Gasteiger partial charge < -0.3 is 19.9 Å². The Bertz CT molecular complexity index is 853. The third-order valence-corrected chi connectivity index (χ3v) is 5.24. The number of carbonyl (C=O) groups excluding carboxylic acids is 1. The van der Waals surface area contributed by atoms with Crippen molar-refractivity contribution < 1.29 is 19.4 Å². The Balaban J connectivity index is 2.52. The Morgan fingerprint density at radius 1 is 1.28 bits per heavy atom. The number of ether oxygens (including phenoxy) is 2. The highest BCUT2D eigenvalue weighted by Gasteiger charge is 2.24. The minimum atomic E-state index is -0.569. The molecular formula is C21H27ClN2O4S. The van der Waals surface area contributed by atoms with E-state index in [2.05, 4.69) is 10.3 Å². The van der Waals surface area contributed by atoms with Crippen LogP contribution in [0.3, 0.4) is 0 Å². The number of aromatic nitrogens is 1.